The highest BCUT2D eigenvalue weighted by Crippen LogP contribution is 2.44. The molecule has 0 spiro atoms. The number of nitriles is 1. The van der Waals surface area contributed by atoms with Crippen molar-refractivity contribution in [3.63, 3.8) is 0 Å². The number of hydrogen-bond donors (Lipinski definition) is 1. The normalized spacial score (nSPS) is 16.1. The molecule has 1 unspecified atom stereocenters. The minimum atomic E-state index is -0.228. The summed E-state index contributed by atoms with van der Waals surface area (Å²) in [6.07, 6.45) is 2.97. The van der Waals surface area contributed by atoms with Crippen molar-refractivity contribution in [2.24, 2.45) is 11.3 Å². The standard InChI is InChI=1S/C25H32N2O2S/c1-15(2)18-9-7-16(3)11-21(18)29-14-23(28)27-24-20(13-26)19-10-8-17(25(4,5)6)12-22(19)30-24/h7,9,11,15,17H,8,10,12,14H2,1-6H3,(H,27,28). The van der Waals surface area contributed by atoms with Gasteiger partial charge >= 0.3 is 0 Å². The zero-order valence-electron chi connectivity index (χ0n) is 18.9. The molecule has 1 aromatic carbocycles. The number of anilines is 1. The number of carbonyl (C=O) groups excluding carboxylic acids is 1. The summed E-state index contributed by atoms with van der Waals surface area (Å²) in [5, 5.41) is 13.3. The maximum atomic E-state index is 12.6. The lowest BCUT2D eigenvalue weighted by atomic mass is 9.72. The molecule has 0 radical (unpaired) electrons. The summed E-state index contributed by atoms with van der Waals surface area (Å²) in [4.78, 5) is 13.9. The highest BCUT2D eigenvalue weighted by Gasteiger charge is 2.32. The summed E-state index contributed by atoms with van der Waals surface area (Å²) in [5.74, 6) is 1.43. The van der Waals surface area contributed by atoms with Gasteiger partial charge in [0.05, 0.1) is 5.56 Å². The molecule has 4 nitrogen and oxygen atoms in total. The number of benzene rings is 1. The molecule has 0 saturated carbocycles. The van der Waals surface area contributed by atoms with Crippen LogP contribution in [0.25, 0.3) is 0 Å². The van der Waals surface area contributed by atoms with Gasteiger partial charge in [0.1, 0.15) is 16.8 Å². The molecule has 0 aliphatic heterocycles. The number of thiophene rings is 1. The minimum absolute atomic E-state index is 0.0682. The second kappa shape index (κ2) is 8.81. The van der Waals surface area contributed by atoms with Crippen LogP contribution >= 0.6 is 11.3 Å². The van der Waals surface area contributed by atoms with Crippen LogP contribution in [0.5, 0.6) is 5.75 Å². The van der Waals surface area contributed by atoms with Gasteiger partial charge in [-0.05, 0) is 66.2 Å². The van der Waals surface area contributed by atoms with Crippen LogP contribution in [-0.2, 0) is 17.6 Å². The van der Waals surface area contributed by atoms with Crippen LogP contribution in [0.1, 0.15) is 74.1 Å². The largest absolute Gasteiger partial charge is 0.483 e. The number of nitrogens with one attached hydrogen (secondary N) is 1. The molecule has 2 aromatic rings. The van der Waals surface area contributed by atoms with E-state index in [1.807, 2.05) is 13.0 Å². The Labute approximate surface area is 184 Å². The van der Waals surface area contributed by atoms with Crippen LogP contribution in [-0.4, -0.2) is 12.5 Å². The number of aryl methyl sites for hydroxylation is 1. The van der Waals surface area contributed by atoms with Crippen molar-refractivity contribution in [3.05, 3.63) is 45.3 Å². The summed E-state index contributed by atoms with van der Waals surface area (Å²) >= 11 is 1.56. The Hall–Kier alpha value is -2.32. The van der Waals surface area contributed by atoms with E-state index in [9.17, 15) is 10.1 Å². The molecule has 1 aliphatic carbocycles. The van der Waals surface area contributed by atoms with Gasteiger partial charge in [-0.3, -0.25) is 4.79 Å². The molecule has 1 N–H and O–H groups in total. The Kier molecular flexibility index (Phi) is 6.57. The minimum Gasteiger partial charge on any atom is -0.483 e. The first kappa shape index (κ1) is 22.4. The fourth-order valence-corrected chi connectivity index (χ4v) is 5.38. The average Bonchev–Trinajstić information content (AvgIpc) is 3.01. The lowest BCUT2D eigenvalue weighted by Gasteiger charge is -2.33. The molecule has 3 rings (SSSR count). The van der Waals surface area contributed by atoms with Crippen LogP contribution in [0.2, 0.25) is 0 Å². The van der Waals surface area contributed by atoms with E-state index in [1.54, 1.807) is 11.3 Å². The Morgan fingerprint density at radius 2 is 2.10 bits per heavy atom. The van der Waals surface area contributed by atoms with Gasteiger partial charge in [-0.2, -0.15) is 5.26 Å². The summed E-state index contributed by atoms with van der Waals surface area (Å²) in [7, 11) is 0. The molecule has 1 aromatic heterocycles. The summed E-state index contributed by atoms with van der Waals surface area (Å²) in [6.45, 7) is 13.0. The van der Waals surface area contributed by atoms with E-state index in [2.05, 4.69) is 58.1 Å². The van der Waals surface area contributed by atoms with E-state index in [0.29, 0.717) is 22.4 Å². The van der Waals surface area contributed by atoms with Gasteiger partial charge in [-0.15, -0.1) is 11.3 Å². The maximum Gasteiger partial charge on any atom is 0.262 e. The molecule has 1 aliphatic rings. The van der Waals surface area contributed by atoms with Crippen molar-refractivity contribution in [3.8, 4) is 11.8 Å². The second-order valence-corrected chi connectivity index (χ2v) is 10.8. The number of hydrogen-bond acceptors (Lipinski definition) is 4. The molecule has 1 amide bonds. The van der Waals surface area contributed by atoms with Crippen molar-refractivity contribution in [2.45, 2.75) is 66.7 Å². The first-order chi connectivity index (χ1) is 14.1. The SMILES string of the molecule is Cc1ccc(C(C)C)c(OCC(=O)Nc2sc3c(c2C#N)CCC(C(C)(C)C)C3)c1. The molecule has 30 heavy (non-hydrogen) atoms. The summed E-state index contributed by atoms with van der Waals surface area (Å²) in [5.41, 5.74) is 4.19. The van der Waals surface area contributed by atoms with Crippen molar-refractivity contribution < 1.29 is 9.53 Å². The van der Waals surface area contributed by atoms with Gasteiger partial charge in [0.25, 0.3) is 5.91 Å². The Morgan fingerprint density at radius 1 is 1.37 bits per heavy atom. The number of nitrogens with zero attached hydrogens (tertiary/aromatic N) is 1. The van der Waals surface area contributed by atoms with Gasteiger partial charge in [0.15, 0.2) is 6.61 Å². The van der Waals surface area contributed by atoms with Crippen LogP contribution in [0.4, 0.5) is 5.00 Å². The van der Waals surface area contributed by atoms with Gasteiger partial charge < -0.3 is 10.1 Å². The van der Waals surface area contributed by atoms with Gasteiger partial charge in [-0.1, -0.05) is 46.8 Å². The molecule has 5 heteroatoms. The van der Waals surface area contributed by atoms with E-state index in [4.69, 9.17) is 4.74 Å². The molecule has 1 heterocycles. The van der Waals surface area contributed by atoms with Crippen LogP contribution in [0.3, 0.4) is 0 Å². The monoisotopic (exact) mass is 424 g/mol. The van der Waals surface area contributed by atoms with E-state index < -0.39 is 0 Å². The molecular weight excluding hydrogens is 392 g/mol. The van der Waals surface area contributed by atoms with E-state index in [-0.39, 0.29) is 17.9 Å². The molecule has 0 saturated heterocycles. The summed E-state index contributed by atoms with van der Waals surface area (Å²) < 4.78 is 5.86. The highest BCUT2D eigenvalue weighted by atomic mass is 32.1. The number of rotatable bonds is 5. The average molecular weight is 425 g/mol. The van der Waals surface area contributed by atoms with Crippen LogP contribution in [0, 0.1) is 29.6 Å². The van der Waals surface area contributed by atoms with E-state index in [1.165, 1.54) is 4.88 Å². The molecule has 0 bridgehead atoms. The molecular formula is C25H32N2O2S. The zero-order valence-corrected chi connectivity index (χ0v) is 19.7. The number of carbonyl (C=O) groups is 1. The number of fused-ring (bicyclic) bond motifs is 1. The van der Waals surface area contributed by atoms with Crippen LogP contribution in [0.15, 0.2) is 18.2 Å². The van der Waals surface area contributed by atoms with Gasteiger partial charge in [0.2, 0.25) is 0 Å². The molecule has 0 fully saturated rings. The second-order valence-electron chi connectivity index (χ2n) is 9.66. The van der Waals surface area contributed by atoms with Crippen molar-refractivity contribution in [1.82, 2.24) is 0 Å². The number of amides is 1. The smallest absolute Gasteiger partial charge is 0.262 e. The van der Waals surface area contributed by atoms with Crippen molar-refractivity contribution in [2.75, 3.05) is 11.9 Å². The summed E-state index contributed by atoms with van der Waals surface area (Å²) in [6, 6.07) is 8.41. The fraction of sp³-hybridized carbons (Fsp3) is 0.520. The first-order valence-electron chi connectivity index (χ1n) is 10.7. The first-order valence-corrected chi connectivity index (χ1v) is 11.5. The van der Waals surface area contributed by atoms with Crippen molar-refractivity contribution >= 4 is 22.2 Å². The Bertz CT molecular complexity index is 976. The van der Waals surface area contributed by atoms with Crippen molar-refractivity contribution in [1.29, 1.82) is 5.26 Å². The lowest BCUT2D eigenvalue weighted by molar-refractivity contribution is -0.118. The van der Waals surface area contributed by atoms with Crippen LogP contribution < -0.4 is 10.1 Å². The predicted molar refractivity (Wildman–Crippen MR) is 123 cm³/mol. The van der Waals surface area contributed by atoms with E-state index >= 15 is 0 Å². The molecule has 1 atom stereocenters. The Morgan fingerprint density at radius 3 is 2.73 bits per heavy atom. The zero-order chi connectivity index (χ0) is 22.1. The van der Waals surface area contributed by atoms with Gasteiger partial charge in [0, 0.05) is 4.88 Å². The van der Waals surface area contributed by atoms with Gasteiger partial charge in [-0.25, -0.2) is 0 Å². The number of ether oxygens (including phenoxy) is 1. The topological polar surface area (TPSA) is 62.1 Å². The highest BCUT2D eigenvalue weighted by molar-refractivity contribution is 7.16. The maximum absolute atomic E-state index is 12.6. The predicted octanol–water partition coefficient (Wildman–Crippen LogP) is 6.22. The van der Waals surface area contributed by atoms with E-state index in [0.717, 1.165) is 41.7 Å². The fourth-order valence-electron chi connectivity index (χ4n) is 4.08. The third-order valence-electron chi connectivity index (χ3n) is 6.00. The third kappa shape index (κ3) is 4.87. The molecule has 160 valence electrons. The Balaban J connectivity index is 1.72. The third-order valence-corrected chi connectivity index (χ3v) is 7.17. The quantitative estimate of drug-likeness (QED) is 0.620. The lowest BCUT2D eigenvalue weighted by Crippen LogP contribution is -2.26.